The van der Waals surface area contributed by atoms with Gasteiger partial charge < -0.3 is 0 Å². The minimum Gasteiger partial charge on any atom is -0.292 e. The number of carbonyl (C=O) groups excluding carboxylic acids is 1. The second-order valence-electron chi connectivity index (χ2n) is 5.64. The summed E-state index contributed by atoms with van der Waals surface area (Å²) in [7, 11) is 0. The third-order valence-corrected chi connectivity index (χ3v) is 4.45. The van der Waals surface area contributed by atoms with Crippen molar-refractivity contribution in [2.24, 2.45) is 0 Å². The number of hydrogen-bond acceptors (Lipinski definition) is 5. The van der Waals surface area contributed by atoms with Crippen LogP contribution in [0.4, 0.5) is 24.5 Å². The normalized spacial score (nSPS) is 11.1. The van der Waals surface area contributed by atoms with Crippen LogP contribution in [0, 0.1) is 17.0 Å². The van der Waals surface area contributed by atoms with Crippen molar-refractivity contribution in [2.45, 2.75) is 18.9 Å². The zero-order chi connectivity index (χ0) is 20.0. The number of thioether (sulfide) groups is 1. The van der Waals surface area contributed by atoms with Crippen molar-refractivity contribution in [3.05, 3.63) is 69.3 Å². The van der Waals surface area contributed by atoms with E-state index in [2.05, 4.69) is 10.9 Å². The van der Waals surface area contributed by atoms with Gasteiger partial charge in [-0.25, -0.2) is 0 Å². The number of amides is 1. The van der Waals surface area contributed by atoms with Gasteiger partial charge in [0.1, 0.15) is 5.69 Å². The van der Waals surface area contributed by atoms with Gasteiger partial charge in [0.25, 0.3) is 5.69 Å². The number of nitro benzene ring substituents is 1. The fraction of sp³-hybridized carbons (Fsp3) is 0.235. The van der Waals surface area contributed by atoms with E-state index < -0.39 is 28.3 Å². The first kappa shape index (κ1) is 20.6. The molecule has 0 bridgehead atoms. The summed E-state index contributed by atoms with van der Waals surface area (Å²) in [5.41, 5.74) is 4.57. The Bertz CT molecular complexity index is 844. The van der Waals surface area contributed by atoms with Crippen molar-refractivity contribution in [1.29, 1.82) is 0 Å². The van der Waals surface area contributed by atoms with Gasteiger partial charge in [-0.05, 0) is 24.6 Å². The van der Waals surface area contributed by atoms with E-state index in [0.29, 0.717) is 17.9 Å². The number of aryl methyl sites for hydroxylation is 1. The van der Waals surface area contributed by atoms with E-state index in [1.807, 2.05) is 31.2 Å². The van der Waals surface area contributed by atoms with Gasteiger partial charge in [0.2, 0.25) is 5.91 Å². The Balaban J connectivity index is 1.91. The minimum absolute atomic E-state index is 0.0787. The maximum atomic E-state index is 12.7. The summed E-state index contributed by atoms with van der Waals surface area (Å²) in [5, 5.41) is 11.0. The maximum Gasteiger partial charge on any atom is 0.416 e. The Morgan fingerprint density at radius 1 is 1.22 bits per heavy atom. The lowest BCUT2D eigenvalue weighted by molar-refractivity contribution is -0.384. The molecule has 2 N–H and O–H groups in total. The summed E-state index contributed by atoms with van der Waals surface area (Å²) in [6.45, 7) is 1.96. The second-order valence-corrected chi connectivity index (χ2v) is 6.63. The Hall–Kier alpha value is -2.75. The van der Waals surface area contributed by atoms with Crippen LogP contribution in [0.5, 0.6) is 0 Å². The fourth-order valence-corrected chi connectivity index (χ4v) is 2.98. The predicted molar refractivity (Wildman–Crippen MR) is 97.2 cm³/mol. The number of nitrogens with zero attached hydrogens (tertiary/aromatic N) is 1. The van der Waals surface area contributed by atoms with Crippen LogP contribution >= 0.6 is 11.8 Å². The van der Waals surface area contributed by atoms with Crippen LogP contribution in [0.15, 0.2) is 42.5 Å². The molecule has 2 aromatic carbocycles. The molecule has 0 spiro atoms. The van der Waals surface area contributed by atoms with Crippen molar-refractivity contribution >= 4 is 29.0 Å². The highest BCUT2D eigenvalue weighted by molar-refractivity contribution is 7.99. The molecule has 0 radical (unpaired) electrons. The third kappa shape index (κ3) is 6.17. The molecule has 0 saturated heterocycles. The zero-order valence-electron chi connectivity index (χ0n) is 14.2. The lowest BCUT2D eigenvalue weighted by Crippen LogP contribution is -2.31. The van der Waals surface area contributed by atoms with Crippen LogP contribution in [0.25, 0.3) is 0 Å². The summed E-state index contributed by atoms with van der Waals surface area (Å²) in [5.74, 6) is 0.229. The van der Waals surface area contributed by atoms with Crippen molar-refractivity contribution in [2.75, 3.05) is 11.2 Å². The van der Waals surface area contributed by atoms with E-state index in [-0.39, 0.29) is 11.4 Å². The van der Waals surface area contributed by atoms with Gasteiger partial charge in [-0.1, -0.05) is 29.8 Å². The van der Waals surface area contributed by atoms with Gasteiger partial charge in [-0.15, -0.1) is 11.8 Å². The van der Waals surface area contributed by atoms with Crippen LogP contribution in [0.1, 0.15) is 16.7 Å². The smallest absolute Gasteiger partial charge is 0.292 e. The van der Waals surface area contributed by atoms with E-state index in [4.69, 9.17) is 0 Å². The maximum absolute atomic E-state index is 12.7. The molecule has 144 valence electrons. The number of hydrogen-bond donors (Lipinski definition) is 2. The van der Waals surface area contributed by atoms with E-state index in [1.54, 1.807) is 0 Å². The van der Waals surface area contributed by atoms with E-state index in [1.165, 1.54) is 11.8 Å². The molecule has 0 atom stereocenters. The monoisotopic (exact) mass is 399 g/mol. The SMILES string of the molecule is Cc1cccc(CSCC(=O)NNc2ccc(C(F)(F)F)cc2[N+](=O)[O-])c1. The lowest BCUT2D eigenvalue weighted by atomic mass is 10.1. The fourth-order valence-electron chi connectivity index (χ4n) is 2.20. The van der Waals surface area contributed by atoms with Gasteiger partial charge in [0.15, 0.2) is 0 Å². The zero-order valence-corrected chi connectivity index (χ0v) is 15.0. The Morgan fingerprint density at radius 2 is 1.96 bits per heavy atom. The average Bonchev–Trinajstić information content (AvgIpc) is 2.59. The minimum atomic E-state index is -4.70. The van der Waals surface area contributed by atoms with Crippen molar-refractivity contribution < 1.29 is 22.9 Å². The summed E-state index contributed by atoms with van der Waals surface area (Å²) in [6, 6.07) is 9.82. The average molecular weight is 399 g/mol. The van der Waals surface area contributed by atoms with E-state index >= 15 is 0 Å². The highest BCUT2D eigenvalue weighted by atomic mass is 32.2. The summed E-state index contributed by atoms with van der Waals surface area (Å²) < 4.78 is 38.0. The number of benzene rings is 2. The van der Waals surface area contributed by atoms with Gasteiger partial charge >= 0.3 is 6.18 Å². The van der Waals surface area contributed by atoms with Crippen LogP contribution in [-0.4, -0.2) is 16.6 Å². The number of hydrazine groups is 1. The van der Waals surface area contributed by atoms with E-state index in [0.717, 1.165) is 17.2 Å². The van der Waals surface area contributed by atoms with Gasteiger partial charge in [0, 0.05) is 11.8 Å². The standard InChI is InChI=1S/C17H16F3N3O3S/c1-11-3-2-4-12(7-11)9-27-10-16(24)22-21-14-6-5-13(17(18,19)20)8-15(14)23(25)26/h2-8,21H,9-10H2,1H3,(H,22,24). The highest BCUT2D eigenvalue weighted by Gasteiger charge is 2.33. The van der Waals surface area contributed by atoms with Gasteiger partial charge in [0.05, 0.1) is 16.2 Å². The molecule has 0 aromatic heterocycles. The molecule has 6 nitrogen and oxygen atoms in total. The van der Waals surface area contributed by atoms with Crippen LogP contribution in [0.2, 0.25) is 0 Å². The largest absolute Gasteiger partial charge is 0.416 e. The molecule has 0 unspecified atom stereocenters. The number of nitrogens with one attached hydrogen (secondary N) is 2. The Morgan fingerprint density at radius 3 is 2.59 bits per heavy atom. The van der Waals surface area contributed by atoms with Crippen molar-refractivity contribution in [3.63, 3.8) is 0 Å². The molecule has 0 aliphatic heterocycles. The number of rotatable bonds is 7. The van der Waals surface area contributed by atoms with Crippen LogP contribution < -0.4 is 10.9 Å². The number of halogens is 3. The van der Waals surface area contributed by atoms with Crippen LogP contribution in [0.3, 0.4) is 0 Å². The molecule has 0 aliphatic rings. The number of nitro groups is 1. The molecule has 0 saturated carbocycles. The summed E-state index contributed by atoms with van der Waals surface area (Å²) in [4.78, 5) is 21.9. The topological polar surface area (TPSA) is 84.3 Å². The molecular formula is C17H16F3N3O3S. The van der Waals surface area contributed by atoms with Crippen LogP contribution in [-0.2, 0) is 16.7 Å². The molecular weight excluding hydrogens is 383 g/mol. The molecule has 2 aromatic rings. The molecule has 2 rings (SSSR count). The highest BCUT2D eigenvalue weighted by Crippen LogP contribution is 2.34. The first-order valence-electron chi connectivity index (χ1n) is 7.70. The number of carbonyl (C=O) groups is 1. The quantitative estimate of drug-likeness (QED) is 0.536. The lowest BCUT2D eigenvalue weighted by Gasteiger charge is -2.11. The molecule has 27 heavy (non-hydrogen) atoms. The first-order chi connectivity index (χ1) is 12.7. The van der Waals surface area contributed by atoms with Crippen molar-refractivity contribution in [1.82, 2.24) is 5.43 Å². The van der Waals surface area contributed by atoms with Crippen molar-refractivity contribution in [3.8, 4) is 0 Å². The summed E-state index contributed by atoms with van der Waals surface area (Å²) >= 11 is 1.34. The Kier molecular flexibility index (Phi) is 6.67. The second kappa shape index (κ2) is 8.76. The molecule has 0 fully saturated rings. The molecule has 0 heterocycles. The molecule has 0 aliphatic carbocycles. The van der Waals surface area contributed by atoms with Gasteiger partial charge in [-0.3, -0.25) is 25.8 Å². The van der Waals surface area contributed by atoms with Gasteiger partial charge in [-0.2, -0.15) is 13.2 Å². The molecule has 1 amide bonds. The summed E-state index contributed by atoms with van der Waals surface area (Å²) in [6.07, 6.45) is -4.70. The first-order valence-corrected chi connectivity index (χ1v) is 8.86. The third-order valence-electron chi connectivity index (χ3n) is 3.44. The Labute approximate surface area is 157 Å². The number of alkyl halides is 3. The molecule has 10 heteroatoms. The van der Waals surface area contributed by atoms with E-state index in [9.17, 15) is 28.1 Å². The number of anilines is 1. The predicted octanol–water partition coefficient (Wildman–Crippen LogP) is 4.30.